The number of primary amides is 1. The van der Waals surface area contributed by atoms with Crippen molar-refractivity contribution in [1.82, 2.24) is 4.90 Å². The molecule has 0 aromatic heterocycles. The lowest BCUT2D eigenvalue weighted by atomic mass is 9.98. The van der Waals surface area contributed by atoms with Crippen LogP contribution >= 0.6 is 23.5 Å². The third-order valence-corrected chi connectivity index (χ3v) is 7.55. The maximum absolute atomic E-state index is 12.7. The Balaban J connectivity index is 1.84. The van der Waals surface area contributed by atoms with Gasteiger partial charge in [0.1, 0.15) is 0 Å². The van der Waals surface area contributed by atoms with Crippen molar-refractivity contribution in [2.24, 2.45) is 5.73 Å². The van der Waals surface area contributed by atoms with Crippen molar-refractivity contribution < 1.29 is 9.59 Å². The summed E-state index contributed by atoms with van der Waals surface area (Å²) in [4.78, 5) is 28.1. The van der Waals surface area contributed by atoms with E-state index >= 15 is 0 Å². The van der Waals surface area contributed by atoms with Crippen LogP contribution in [-0.2, 0) is 16.1 Å². The second kappa shape index (κ2) is 6.20. The molecule has 128 valence electrons. The molecule has 2 aliphatic rings. The number of amides is 1. The van der Waals surface area contributed by atoms with E-state index in [1.165, 1.54) is 0 Å². The fourth-order valence-electron chi connectivity index (χ4n) is 3.49. The Bertz CT molecular complexity index is 883. The minimum atomic E-state index is -0.857. The fraction of sp³-hybridized carbons (Fsp3) is 0.263. The van der Waals surface area contributed by atoms with E-state index < -0.39 is 4.87 Å². The zero-order chi connectivity index (χ0) is 17.6. The monoisotopic (exact) mass is 370 g/mol. The molecule has 0 radical (unpaired) electrons. The van der Waals surface area contributed by atoms with E-state index in [4.69, 9.17) is 5.73 Å². The molecule has 2 aliphatic heterocycles. The molecule has 1 amide bonds. The van der Waals surface area contributed by atoms with Crippen LogP contribution in [0.5, 0.6) is 0 Å². The molecule has 1 fully saturated rings. The molecule has 0 bridgehead atoms. The van der Waals surface area contributed by atoms with Crippen LogP contribution in [0, 0.1) is 0 Å². The molecule has 2 heterocycles. The van der Waals surface area contributed by atoms with Crippen LogP contribution < -0.4 is 5.73 Å². The zero-order valence-electron chi connectivity index (χ0n) is 13.8. The number of nitrogens with zero attached hydrogens (tertiary/aromatic N) is 1. The Kier molecular flexibility index (Phi) is 4.14. The Morgan fingerprint density at radius 3 is 2.72 bits per heavy atom. The van der Waals surface area contributed by atoms with Crippen LogP contribution in [-0.4, -0.2) is 35.9 Å². The van der Waals surface area contributed by atoms with Crippen molar-refractivity contribution in [3.05, 3.63) is 59.2 Å². The van der Waals surface area contributed by atoms with Crippen molar-refractivity contribution in [3.63, 3.8) is 0 Å². The third-order valence-electron chi connectivity index (χ3n) is 4.83. The highest BCUT2D eigenvalue weighted by Crippen LogP contribution is 2.46. The number of thioether (sulfide) groups is 1. The summed E-state index contributed by atoms with van der Waals surface area (Å²) in [5.41, 5.74) is 8.41. The highest BCUT2D eigenvalue weighted by molar-refractivity contribution is 8.01. The summed E-state index contributed by atoms with van der Waals surface area (Å²) in [6.07, 6.45) is 0.408. The topological polar surface area (TPSA) is 63.4 Å². The molecular weight excluding hydrogens is 352 g/mol. The summed E-state index contributed by atoms with van der Waals surface area (Å²) in [5.74, 6) is 0.605. The van der Waals surface area contributed by atoms with Gasteiger partial charge in [0.15, 0.2) is 10.7 Å². The zero-order valence-corrected chi connectivity index (χ0v) is 15.5. The van der Waals surface area contributed by atoms with Gasteiger partial charge in [-0.3, -0.25) is 14.5 Å². The molecule has 2 aromatic rings. The largest absolute Gasteiger partial charge is 0.367 e. The highest BCUT2D eigenvalue weighted by Gasteiger charge is 2.47. The smallest absolute Gasteiger partial charge is 0.253 e. The van der Waals surface area contributed by atoms with Crippen molar-refractivity contribution in [2.45, 2.75) is 21.1 Å². The number of carbonyl (C=O) groups excluding carboxylic acids is 2. The quantitative estimate of drug-likeness (QED) is 0.881. The van der Waals surface area contributed by atoms with Gasteiger partial charge >= 0.3 is 0 Å². The Morgan fingerprint density at radius 2 is 2.00 bits per heavy atom. The molecule has 2 aromatic carbocycles. The average molecular weight is 370 g/mol. The summed E-state index contributed by atoms with van der Waals surface area (Å²) >= 11 is 3.15. The standard InChI is InChI=1S/C19H18N2O2S2/c1-21-8-9-24-19(21,18(20)23)13-6-7-14-15(22)10-12-4-2-3-5-16(12)25-17(14)11-13/h2-7,11H,8-10H2,1H3,(H2,20,23). The first-order valence-corrected chi connectivity index (χ1v) is 9.91. The normalized spacial score (nSPS) is 23.0. The van der Waals surface area contributed by atoms with Gasteiger partial charge < -0.3 is 5.73 Å². The lowest BCUT2D eigenvalue weighted by Crippen LogP contribution is -2.47. The van der Waals surface area contributed by atoms with Gasteiger partial charge in [0.2, 0.25) is 0 Å². The van der Waals surface area contributed by atoms with Gasteiger partial charge in [0.05, 0.1) is 0 Å². The summed E-state index contributed by atoms with van der Waals surface area (Å²) in [6, 6.07) is 13.7. The van der Waals surface area contributed by atoms with Gasteiger partial charge in [0.25, 0.3) is 5.91 Å². The Labute approximate surface area is 155 Å². The highest BCUT2D eigenvalue weighted by atomic mass is 32.2. The summed E-state index contributed by atoms with van der Waals surface area (Å²) < 4.78 is 0. The predicted octanol–water partition coefficient (Wildman–Crippen LogP) is 2.89. The number of fused-ring (bicyclic) bond motifs is 2. The van der Waals surface area contributed by atoms with Gasteiger partial charge in [0, 0.05) is 34.1 Å². The summed E-state index contributed by atoms with van der Waals surface area (Å²) in [5, 5.41) is 0. The second-order valence-corrected chi connectivity index (χ2v) is 8.67. The minimum absolute atomic E-state index is 0.111. The minimum Gasteiger partial charge on any atom is -0.367 e. The van der Waals surface area contributed by atoms with Crippen LogP contribution in [0.4, 0.5) is 0 Å². The SMILES string of the molecule is CN1CCSC1(C(N)=O)c1ccc2c(c1)Sc1ccccc1CC2=O. The number of nitrogens with two attached hydrogens (primary N) is 1. The number of hydrogen-bond donors (Lipinski definition) is 1. The van der Waals surface area contributed by atoms with Crippen molar-refractivity contribution >= 4 is 35.2 Å². The van der Waals surface area contributed by atoms with Gasteiger partial charge in [-0.2, -0.15) is 0 Å². The average Bonchev–Trinajstić information content (AvgIpc) is 2.92. The number of rotatable bonds is 2. The Morgan fingerprint density at radius 1 is 1.20 bits per heavy atom. The molecule has 2 N–H and O–H groups in total. The predicted molar refractivity (Wildman–Crippen MR) is 101 cm³/mol. The molecule has 0 spiro atoms. The van der Waals surface area contributed by atoms with E-state index in [-0.39, 0.29) is 11.7 Å². The number of likely N-dealkylation sites (N-methyl/N-ethyl adjacent to an activating group) is 1. The van der Waals surface area contributed by atoms with Crippen LogP contribution in [0.15, 0.2) is 52.3 Å². The summed E-state index contributed by atoms with van der Waals surface area (Å²) in [6.45, 7) is 0.805. The van der Waals surface area contributed by atoms with Gasteiger partial charge in [-0.15, -0.1) is 11.8 Å². The Hall–Kier alpha value is -1.76. The molecule has 4 nitrogen and oxygen atoms in total. The number of Topliss-reactive ketones (excluding diaryl/α,β-unsaturated/α-hetero) is 1. The van der Waals surface area contributed by atoms with Gasteiger partial charge in [-0.05, 0) is 36.4 Å². The maximum Gasteiger partial charge on any atom is 0.253 e. The van der Waals surface area contributed by atoms with E-state index in [1.54, 1.807) is 23.5 Å². The molecule has 1 atom stereocenters. The first kappa shape index (κ1) is 16.7. The molecule has 0 saturated carbocycles. The second-order valence-electron chi connectivity index (χ2n) is 6.30. The van der Waals surface area contributed by atoms with Crippen molar-refractivity contribution in [1.29, 1.82) is 0 Å². The van der Waals surface area contributed by atoms with Gasteiger partial charge in [-0.1, -0.05) is 36.0 Å². The molecule has 1 unspecified atom stereocenters. The fourth-order valence-corrected chi connectivity index (χ4v) is 6.03. The van der Waals surface area contributed by atoms with Crippen LogP contribution in [0.25, 0.3) is 0 Å². The molecule has 6 heteroatoms. The summed E-state index contributed by atoms with van der Waals surface area (Å²) in [7, 11) is 1.92. The van der Waals surface area contributed by atoms with E-state index in [2.05, 4.69) is 0 Å². The third kappa shape index (κ3) is 2.60. The first-order chi connectivity index (χ1) is 12.0. The van der Waals surface area contributed by atoms with Gasteiger partial charge in [-0.25, -0.2) is 0 Å². The lowest BCUT2D eigenvalue weighted by Gasteiger charge is -2.32. The number of hydrogen-bond acceptors (Lipinski definition) is 5. The van der Waals surface area contributed by atoms with Crippen LogP contribution in [0.1, 0.15) is 21.5 Å². The van der Waals surface area contributed by atoms with E-state index in [0.717, 1.165) is 38.8 Å². The maximum atomic E-state index is 12.7. The number of ketones is 1. The van der Waals surface area contributed by atoms with Crippen LogP contribution in [0.3, 0.4) is 0 Å². The molecule has 4 rings (SSSR count). The van der Waals surface area contributed by atoms with E-state index in [9.17, 15) is 9.59 Å². The lowest BCUT2D eigenvalue weighted by molar-refractivity contribution is -0.124. The van der Waals surface area contributed by atoms with Crippen molar-refractivity contribution in [2.75, 3.05) is 19.3 Å². The van der Waals surface area contributed by atoms with E-state index in [1.807, 2.05) is 54.4 Å². The number of benzene rings is 2. The van der Waals surface area contributed by atoms with Crippen LogP contribution in [0.2, 0.25) is 0 Å². The molecule has 25 heavy (non-hydrogen) atoms. The van der Waals surface area contributed by atoms with Crippen molar-refractivity contribution in [3.8, 4) is 0 Å². The molecule has 1 saturated heterocycles. The number of carbonyl (C=O) groups is 2. The first-order valence-electron chi connectivity index (χ1n) is 8.11. The molecule has 0 aliphatic carbocycles. The van der Waals surface area contributed by atoms with E-state index in [0.29, 0.717) is 6.42 Å². The molecular formula is C19H18N2O2S2.